The Morgan fingerprint density at radius 2 is 1.65 bits per heavy atom. The highest BCUT2D eigenvalue weighted by Crippen LogP contribution is 2.42. The van der Waals surface area contributed by atoms with E-state index in [1.807, 2.05) is 64.1 Å². The van der Waals surface area contributed by atoms with Crippen LogP contribution in [0.2, 0.25) is 0 Å². The van der Waals surface area contributed by atoms with Gasteiger partial charge in [0.2, 0.25) is 0 Å². The molecule has 0 aliphatic carbocycles. The van der Waals surface area contributed by atoms with Crippen molar-refractivity contribution in [1.82, 2.24) is 5.32 Å². The van der Waals surface area contributed by atoms with E-state index in [0.29, 0.717) is 29.4 Å². The van der Waals surface area contributed by atoms with E-state index < -0.39 is 17.7 Å². The third kappa shape index (κ3) is 6.79. The molecule has 7 heteroatoms. The Morgan fingerprint density at radius 1 is 1.00 bits per heavy atom. The standard InChI is InChI=1S/C24H33NO6/c1-16-20(27-5)13-18(22(29-7)21(16)28-6)19(25-23(26)31-24(2,3)4)15-30-14-17-11-9-8-10-12-17/h8-13,19H,14-15H2,1-7H3,(H,25,26). The molecule has 1 amide bonds. The lowest BCUT2D eigenvalue weighted by molar-refractivity contribution is 0.0425. The zero-order valence-electron chi connectivity index (χ0n) is 19.4. The largest absolute Gasteiger partial charge is 0.496 e. The lowest BCUT2D eigenvalue weighted by Gasteiger charge is -2.26. The molecule has 1 atom stereocenters. The average Bonchev–Trinajstić information content (AvgIpc) is 2.72. The van der Waals surface area contributed by atoms with Gasteiger partial charge >= 0.3 is 6.09 Å². The molecule has 1 N–H and O–H groups in total. The van der Waals surface area contributed by atoms with E-state index in [1.54, 1.807) is 21.3 Å². The van der Waals surface area contributed by atoms with Crippen molar-refractivity contribution in [2.45, 2.75) is 45.9 Å². The van der Waals surface area contributed by atoms with E-state index in [0.717, 1.165) is 11.1 Å². The molecule has 2 aromatic rings. The summed E-state index contributed by atoms with van der Waals surface area (Å²) in [5.41, 5.74) is 1.86. The van der Waals surface area contributed by atoms with Crippen molar-refractivity contribution in [2.75, 3.05) is 27.9 Å². The zero-order chi connectivity index (χ0) is 23.0. The number of alkyl carbamates (subject to hydrolysis) is 1. The fourth-order valence-electron chi connectivity index (χ4n) is 3.18. The van der Waals surface area contributed by atoms with Crippen LogP contribution in [-0.2, 0) is 16.1 Å². The minimum Gasteiger partial charge on any atom is -0.496 e. The Morgan fingerprint density at radius 3 is 2.19 bits per heavy atom. The first kappa shape index (κ1) is 24.3. The van der Waals surface area contributed by atoms with Crippen LogP contribution in [0.4, 0.5) is 4.79 Å². The Kier molecular flexibility index (Phi) is 8.56. The molecule has 0 aliphatic rings. The Balaban J connectivity index is 2.37. The minimum atomic E-state index is -0.633. The summed E-state index contributed by atoms with van der Waals surface area (Å²) in [6, 6.07) is 11.1. The number of rotatable bonds is 9. The minimum absolute atomic E-state index is 0.194. The molecular weight excluding hydrogens is 398 g/mol. The zero-order valence-corrected chi connectivity index (χ0v) is 19.4. The second-order valence-corrected chi connectivity index (χ2v) is 8.06. The number of hydrogen-bond acceptors (Lipinski definition) is 6. The van der Waals surface area contributed by atoms with Crippen molar-refractivity contribution in [3.63, 3.8) is 0 Å². The maximum atomic E-state index is 12.6. The first-order valence-corrected chi connectivity index (χ1v) is 10.1. The fraction of sp³-hybridized carbons (Fsp3) is 0.458. The van der Waals surface area contributed by atoms with Crippen molar-refractivity contribution in [3.8, 4) is 17.2 Å². The molecule has 2 rings (SSSR count). The summed E-state index contributed by atoms with van der Waals surface area (Å²) in [6.07, 6.45) is -0.554. The summed E-state index contributed by atoms with van der Waals surface area (Å²) in [5.74, 6) is 1.66. The van der Waals surface area contributed by atoms with Gasteiger partial charge in [0.25, 0.3) is 0 Å². The third-order valence-electron chi connectivity index (χ3n) is 4.56. The highest BCUT2D eigenvalue weighted by atomic mass is 16.6. The molecule has 0 aliphatic heterocycles. The first-order chi connectivity index (χ1) is 14.7. The maximum absolute atomic E-state index is 12.6. The van der Waals surface area contributed by atoms with Crippen LogP contribution in [0.25, 0.3) is 0 Å². The van der Waals surface area contributed by atoms with Gasteiger partial charge in [0.1, 0.15) is 11.4 Å². The van der Waals surface area contributed by atoms with Crippen LogP contribution >= 0.6 is 0 Å². The summed E-state index contributed by atoms with van der Waals surface area (Å²) in [6.45, 7) is 7.91. The van der Waals surface area contributed by atoms with Gasteiger partial charge in [-0.3, -0.25) is 0 Å². The van der Waals surface area contributed by atoms with Crippen molar-refractivity contribution in [1.29, 1.82) is 0 Å². The van der Waals surface area contributed by atoms with E-state index in [4.69, 9.17) is 23.7 Å². The van der Waals surface area contributed by atoms with Crippen LogP contribution in [0.1, 0.15) is 43.5 Å². The maximum Gasteiger partial charge on any atom is 0.408 e. The Labute approximate surface area is 184 Å². The number of amides is 1. The third-order valence-corrected chi connectivity index (χ3v) is 4.56. The molecule has 0 radical (unpaired) electrons. The van der Waals surface area contributed by atoms with E-state index >= 15 is 0 Å². The molecule has 0 saturated heterocycles. The topological polar surface area (TPSA) is 75.3 Å². The van der Waals surface area contributed by atoms with Gasteiger partial charge in [-0.2, -0.15) is 0 Å². The molecule has 0 saturated carbocycles. The quantitative estimate of drug-likeness (QED) is 0.615. The summed E-state index contributed by atoms with van der Waals surface area (Å²) in [5, 5.41) is 2.90. The van der Waals surface area contributed by atoms with E-state index in [1.165, 1.54) is 0 Å². The van der Waals surface area contributed by atoms with E-state index in [9.17, 15) is 4.79 Å². The van der Waals surface area contributed by atoms with E-state index in [-0.39, 0.29) is 6.61 Å². The summed E-state index contributed by atoms with van der Waals surface area (Å²) in [7, 11) is 4.71. The average molecular weight is 432 g/mol. The lowest BCUT2D eigenvalue weighted by Crippen LogP contribution is -2.37. The van der Waals surface area contributed by atoms with Crippen molar-refractivity contribution in [2.24, 2.45) is 0 Å². The number of carbonyl (C=O) groups is 1. The van der Waals surface area contributed by atoms with Crippen LogP contribution in [0.3, 0.4) is 0 Å². The number of hydrogen-bond donors (Lipinski definition) is 1. The molecule has 1 unspecified atom stereocenters. The summed E-state index contributed by atoms with van der Waals surface area (Å²) in [4.78, 5) is 12.6. The predicted molar refractivity (Wildman–Crippen MR) is 119 cm³/mol. The first-order valence-electron chi connectivity index (χ1n) is 10.1. The van der Waals surface area contributed by atoms with Crippen LogP contribution in [0, 0.1) is 6.92 Å². The number of ether oxygens (including phenoxy) is 5. The highest BCUT2D eigenvalue weighted by Gasteiger charge is 2.27. The number of nitrogens with one attached hydrogen (secondary N) is 1. The predicted octanol–water partition coefficient (Wildman–Crippen LogP) is 4.80. The van der Waals surface area contributed by atoms with Crippen molar-refractivity contribution < 1.29 is 28.5 Å². The van der Waals surface area contributed by atoms with Gasteiger partial charge in [0, 0.05) is 11.1 Å². The Bertz CT molecular complexity index is 861. The van der Waals surface area contributed by atoms with Gasteiger partial charge in [-0.1, -0.05) is 30.3 Å². The van der Waals surface area contributed by atoms with Crippen LogP contribution in [0.15, 0.2) is 36.4 Å². The molecule has 7 nitrogen and oxygen atoms in total. The number of carbonyl (C=O) groups excluding carboxylic acids is 1. The van der Waals surface area contributed by atoms with Crippen molar-refractivity contribution >= 4 is 6.09 Å². The molecule has 0 spiro atoms. The van der Waals surface area contributed by atoms with Gasteiger partial charge < -0.3 is 29.0 Å². The van der Waals surface area contributed by atoms with Crippen LogP contribution in [-0.4, -0.2) is 39.6 Å². The number of benzene rings is 2. The second kappa shape index (κ2) is 10.9. The normalized spacial score (nSPS) is 12.1. The highest BCUT2D eigenvalue weighted by molar-refractivity contribution is 5.69. The van der Waals surface area contributed by atoms with Gasteiger partial charge in [0.15, 0.2) is 11.5 Å². The van der Waals surface area contributed by atoms with Crippen LogP contribution < -0.4 is 19.5 Å². The lowest BCUT2D eigenvalue weighted by atomic mass is 10.0. The van der Waals surface area contributed by atoms with Gasteiger partial charge in [-0.05, 0) is 39.3 Å². The molecule has 0 bridgehead atoms. The van der Waals surface area contributed by atoms with Gasteiger partial charge in [0.05, 0.1) is 40.6 Å². The fourth-order valence-corrected chi connectivity index (χ4v) is 3.18. The Hall–Kier alpha value is -2.93. The number of methoxy groups -OCH3 is 3. The molecule has 0 aromatic heterocycles. The molecule has 31 heavy (non-hydrogen) atoms. The summed E-state index contributed by atoms with van der Waals surface area (Å²) < 4.78 is 28.1. The molecule has 0 heterocycles. The second-order valence-electron chi connectivity index (χ2n) is 8.06. The smallest absolute Gasteiger partial charge is 0.408 e. The molecule has 0 fully saturated rings. The van der Waals surface area contributed by atoms with Gasteiger partial charge in [-0.15, -0.1) is 0 Å². The van der Waals surface area contributed by atoms with Crippen molar-refractivity contribution in [3.05, 3.63) is 53.1 Å². The molecular formula is C24H33NO6. The SMILES string of the molecule is COc1cc(C(COCc2ccccc2)NC(=O)OC(C)(C)C)c(OC)c(OC)c1C. The monoisotopic (exact) mass is 431 g/mol. The summed E-state index contributed by atoms with van der Waals surface area (Å²) >= 11 is 0. The molecule has 2 aromatic carbocycles. The van der Waals surface area contributed by atoms with E-state index in [2.05, 4.69) is 5.32 Å². The van der Waals surface area contributed by atoms with Crippen LogP contribution in [0.5, 0.6) is 17.2 Å². The van der Waals surface area contributed by atoms with Gasteiger partial charge in [-0.25, -0.2) is 4.79 Å². The molecule has 170 valence electrons.